The van der Waals surface area contributed by atoms with E-state index in [1.807, 2.05) is 58.0 Å². The summed E-state index contributed by atoms with van der Waals surface area (Å²) in [6.07, 6.45) is 2.32. The zero-order valence-corrected chi connectivity index (χ0v) is 16.8. The van der Waals surface area contributed by atoms with Crippen molar-refractivity contribution in [1.82, 2.24) is 0 Å². The Hall–Kier alpha value is -1.40. The summed E-state index contributed by atoms with van der Waals surface area (Å²) < 4.78 is 31.6. The molecule has 0 radical (unpaired) electrons. The maximum atomic E-state index is 13.9. The minimum Gasteiger partial charge on any atom is -0.460 e. The summed E-state index contributed by atoms with van der Waals surface area (Å²) in [6.45, 7) is 7.62. The third-order valence-corrected chi connectivity index (χ3v) is 6.55. The van der Waals surface area contributed by atoms with Crippen LogP contribution in [0.4, 0.5) is 4.39 Å². The lowest BCUT2D eigenvalue weighted by Gasteiger charge is -2.36. The molecule has 1 heterocycles. The lowest BCUT2D eigenvalue weighted by Crippen LogP contribution is -2.41. The van der Waals surface area contributed by atoms with E-state index in [-0.39, 0.29) is 30.7 Å². The maximum Gasteiger partial charge on any atom is 0.461 e. The fourth-order valence-corrected chi connectivity index (χ4v) is 3.81. The molecule has 27 heavy (non-hydrogen) atoms. The number of alkyl halides is 1. The van der Waals surface area contributed by atoms with Crippen molar-refractivity contribution in [1.29, 1.82) is 0 Å². The molecule has 1 aromatic rings. The Balaban J connectivity index is 1.58. The molecule has 0 amide bonds. The van der Waals surface area contributed by atoms with Crippen LogP contribution in [0, 0.1) is 5.41 Å². The van der Waals surface area contributed by atoms with E-state index >= 15 is 0 Å². The molecule has 6 heteroatoms. The Morgan fingerprint density at radius 1 is 1.11 bits per heavy atom. The molecule has 3 rings (SSSR count). The second-order valence-corrected chi connectivity index (χ2v) is 8.94. The summed E-state index contributed by atoms with van der Waals surface area (Å²) in [5.74, 6) is -0.256. The molecule has 1 aliphatic heterocycles. The molecule has 2 aliphatic rings. The van der Waals surface area contributed by atoms with Crippen molar-refractivity contribution < 1.29 is 23.2 Å². The third kappa shape index (κ3) is 4.07. The van der Waals surface area contributed by atoms with Gasteiger partial charge in [0.2, 0.25) is 0 Å². The molecule has 0 spiro atoms. The summed E-state index contributed by atoms with van der Waals surface area (Å²) in [5, 5.41) is 0. The number of benzene rings is 1. The number of hydrogen-bond acceptors (Lipinski definition) is 4. The van der Waals surface area contributed by atoms with Crippen LogP contribution in [0.1, 0.15) is 58.9 Å². The monoisotopic (exact) mass is 376 g/mol. The lowest BCUT2D eigenvalue weighted by atomic mass is 9.59. The molecule has 1 aromatic carbocycles. The van der Waals surface area contributed by atoms with Crippen LogP contribution >= 0.6 is 0 Å². The topological polar surface area (TPSA) is 44.8 Å². The summed E-state index contributed by atoms with van der Waals surface area (Å²) >= 11 is 0. The van der Waals surface area contributed by atoms with Gasteiger partial charge >= 0.3 is 13.1 Å². The van der Waals surface area contributed by atoms with Gasteiger partial charge in [-0.1, -0.05) is 43.2 Å². The first-order valence-electron chi connectivity index (χ1n) is 9.82. The van der Waals surface area contributed by atoms with E-state index in [4.69, 9.17) is 14.0 Å². The first kappa shape index (κ1) is 20.3. The molecule has 1 aliphatic carbocycles. The van der Waals surface area contributed by atoms with Crippen LogP contribution in [0.3, 0.4) is 0 Å². The van der Waals surface area contributed by atoms with Gasteiger partial charge in [-0.2, -0.15) is 0 Å². The van der Waals surface area contributed by atoms with E-state index in [1.54, 1.807) is 0 Å². The molecular weight excluding hydrogens is 346 g/mol. The molecule has 2 fully saturated rings. The molecular formula is C21H30BFO4. The Kier molecular flexibility index (Phi) is 5.69. The SMILES string of the molecule is CC1(C)OB(C2CCC(CF)(C(=O)OCc3ccccc3)CC2)OC1(C)C. The Bertz CT molecular complexity index is 637. The van der Waals surface area contributed by atoms with Crippen LogP contribution in [-0.4, -0.2) is 31.0 Å². The maximum absolute atomic E-state index is 13.9. The second kappa shape index (κ2) is 7.55. The molecule has 148 valence electrons. The highest BCUT2D eigenvalue weighted by Gasteiger charge is 2.55. The first-order valence-corrected chi connectivity index (χ1v) is 9.82. The van der Waals surface area contributed by atoms with E-state index in [0.29, 0.717) is 25.7 Å². The molecule has 0 unspecified atom stereocenters. The van der Waals surface area contributed by atoms with Crippen molar-refractivity contribution in [2.24, 2.45) is 5.41 Å². The van der Waals surface area contributed by atoms with Crippen LogP contribution in [0.5, 0.6) is 0 Å². The highest BCUT2D eigenvalue weighted by molar-refractivity contribution is 6.47. The average Bonchev–Trinajstić information content (AvgIpc) is 2.88. The number of rotatable bonds is 5. The summed E-state index contributed by atoms with van der Waals surface area (Å²) in [7, 11) is -0.298. The number of ether oxygens (including phenoxy) is 1. The predicted molar refractivity (Wildman–Crippen MR) is 103 cm³/mol. The zero-order valence-electron chi connectivity index (χ0n) is 16.8. The average molecular weight is 376 g/mol. The first-order chi connectivity index (χ1) is 12.7. The molecule has 0 N–H and O–H groups in total. The van der Waals surface area contributed by atoms with Crippen LogP contribution < -0.4 is 0 Å². The van der Waals surface area contributed by atoms with Crippen LogP contribution in [0.15, 0.2) is 30.3 Å². The van der Waals surface area contributed by atoms with Crippen molar-refractivity contribution in [2.45, 2.75) is 77.0 Å². The number of hydrogen-bond donors (Lipinski definition) is 0. The smallest absolute Gasteiger partial charge is 0.460 e. The zero-order chi connectivity index (χ0) is 19.7. The molecule has 0 atom stereocenters. The number of halogens is 1. The van der Waals surface area contributed by atoms with Gasteiger partial charge in [-0.3, -0.25) is 4.79 Å². The summed E-state index contributed by atoms with van der Waals surface area (Å²) in [6, 6.07) is 9.48. The fraction of sp³-hybridized carbons (Fsp3) is 0.667. The molecule has 1 saturated heterocycles. The van der Waals surface area contributed by atoms with Gasteiger partial charge in [0, 0.05) is 0 Å². The highest BCUT2D eigenvalue weighted by Crippen LogP contribution is 2.48. The van der Waals surface area contributed by atoms with Gasteiger partial charge in [0.25, 0.3) is 0 Å². The van der Waals surface area contributed by atoms with Crippen molar-refractivity contribution in [3.63, 3.8) is 0 Å². The Morgan fingerprint density at radius 2 is 1.67 bits per heavy atom. The number of carbonyl (C=O) groups is 1. The third-order valence-electron chi connectivity index (χ3n) is 6.55. The summed E-state index contributed by atoms with van der Waals surface area (Å²) in [5.41, 5.74) is -0.873. The van der Waals surface area contributed by atoms with Gasteiger partial charge < -0.3 is 14.0 Å². The van der Waals surface area contributed by atoms with E-state index in [1.165, 1.54) is 0 Å². The Morgan fingerprint density at radius 3 is 2.19 bits per heavy atom. The standard InChI is InChI=1S/C21H30BFO4/c1-19(2)20(3,4)27-22(26-19)17-10-12-21(15-23,13-11-17)18(24)25-14-16-8-6-5-7-9-16/h5-9,17H,10-15H2,1-4H3. The van der Waals surface area contributed by atoms with Crippen molar-refractivity contribution >= 4 is 13.1 Å². The molecule has 1 saturated carbocycles. The van der Waals surface area contributed by atoms with Crippen LogP contribution in [0.2, 0.25) is 5.82 Å². The van der Waals surface area contributed by atoms with E-state index < -0.39 is 18.1 Å². The van der Waals surface area contributed by atoms with Crippen LogP contribution in [-0.2, 0) is 25.4 Å². The molecule has 4 nitrogen and oxygen atoms in total. The van der Waals surface area contributed by atoms with E-state index in [0.717, 1.165) is 5.56 Å². The van der Waals surface area contributed by atoms with E-state index in [2.05, 4.69) is 0 Å². The lowest BCUT2D eigenvalue weighted by molar-refractivity contribution is -0.160. The van der Waals surface area contributed by atoms with Gasteiger partial charge in [0.15, 0.2) is 0 Å². The van der Waals surface area contributed by atoms with Gasteiger partial charge in [0.1, 0.15) is 13.3 Å². The van der Waals surface area contributed by atoms with Crippen LogP contribution in [0.25, 0.3) is 0 Å². The predicted octanol–water partition coefficient (Wildman–Crippen LogP) is 4.72. The minimum absolute atomic E-state index is 0.174. The number of carbonyl (C=O) groups excluding carboxylic acids is 1. The van der Waals surface area contributed by atoms with Gasteiger partial charge in [-0.05, 0) is 51.9 Å². The number of esters is 1. The highest BCUT2D eigenvalue weighted by atomic mass is 19.1. The molecule has 0 bridgehead atoms. The van der Waals surface area contributed by atoms with Gasteiger partial charge in [0.05, 0.1) is 16.6 Å². The minimum atomic E-state index is -1.03. The fourth-order valence-electron chi connectivity index (χ4n) is 3.81. The van der Waals surface area contributed by atoms with Gasteiger partial charge in [-0.25, -0.2) is 4.39 Å². The largest absolute Gasteiger partial charge is 0.461 e. The quantitative estimate of drug-likeness (QED) is 0.551. The molecule has 0 aromatic heterocycles. The summed E-state index contributed by atoms with van der Waals surface area (Å²) in [4.78, 5) is 12.6. The van der Waals surface area contributed by atoms with Crippen molar-refractivity contribution in [3.8, 4) is 0 Å². The van der Waals surface area contributed by atoms with Crippen molar-refractivity contribution in [3.05, 3.63) is 35.9 Å². The van der Waals surface area contributed by atoms with E-state index in [9.17, 15) is 9.18 Å². The Labute approximate surface area is 161 Å². The van der Waals surface area contributed by atoms with Gasteiger partial charge in [-0.15, -0.1) is 0 Å². The second-order valence-electron chi connectivity index (χ2n) is 8.94. The van der Waals surface area contributed by atoms with Crippen molar-refractivity contribution in [2.75, 3.05) is 6.67 Å². The normalized spacial score (nSPS) is 29.5.